The number of carbonyl (C=O) groups is 2. The van der Waals surface area contributed by atoms with E-state index in [4.69, 9.17) is 5.11 Å². The SMILES string of the molecule is CCS(=O)(=O)c1ccc(CC(=O)Nc2ccc(C3CN(C(=O)O)C=C3C)cc2)cc1. The number of carbonyl (C=O) groups excluding carboxylic acids is 1. The second kappa shape index (κ2) is 8.71. The fraction of sp³-hybridized carbons (Fsp3) is 0.273. The van der Waals surface area contributed by atoms with Crippen molar-refractivity contribution in [2.24, 2.45) is 0 Å². The van der Waals surface area contributed by atoms with Gasteiger partial charge in [-0.25, -0.2) is 13.2 Å². The van der Waals surface area contributed by atoms with Gasteiger partial charge in [0, 0.05) is 24.4 Å². The summed E-state index contributed by atoms with van der Waals surface area (Å²) in [6.45, 7) is 3.88. The number of hydrogen-bond acceptors (Lipinski definition) is 4. The van der Waals surface area contributed by atoms with Crippen molar-refractivity contribution in [1.82, 2.24) is 4.90 Å². The Morgan fingerprint density at radius 3 is 2.27 bits per heavy atom. The lowest BCUT2D eigenvalue weighted by Gasteiger charge is -2.15. The van der Waals surface area contributed by atoms with Gasteiger partial charge >= 0.3 is 6.09 Å². The van der Waals surface area contributed by atoms with E-state index in [1.807, 2.05) is 19.1 Å². The van der Waals surface area contributed by atoms with Crippen LogP contribution >= 0.6 is 0 Å². The van der Waals surface area contributed by atoms with Crippen molar-refractivity contribution in [3.63, 3.8) is 0 Å². The average molecular weight is 429 g/mol. The van der Waals surface area contributed by atoms with E-state index < -0.39 is 15.9 Å². The van der Waals surface area contributed by atoms with E-state index in [0.29, 0.717) is 12.2 Å². The molecule has 30 heavy (non-hydrogen) atoms. The predicted octanol–water partition coefficient (Wildman–Crippen LogP) is 3.64. The van der Waals surface area contributed by atoms with Gasteiger partial charge in [0.1, 0.15) is 0 Å². The van der Waals surface area contributed by atoms with E-state index in [9.17, 15) is 18.0 Å². The molecule has 0 bridgehead atoms. The van der Waals surface area contributed by atoms with Gasteiger partial charge in [0.15, 0.2) is 9.84 Å². The smallest absolute Gasteiger partial charge is 0.411 e. The Morgan fingerprint density at radius 2 is 1.73 bits per heavy atom. The van der Waals surface area contributed by atoms with E-state index in [0.717, 1.165) is 16.7 Å². The molecule has 0 fully saturated rings. The van der Waals surface area contributed by atoms with E-state index >= 15 is 0 Å². The fourth-order valence-corrected chi connectivity index (χ4v) is 4.29. The van der Waals surface area contributed by atoms with E-state index in [1.165, 1.54) is 17.0 Å². The van der Waals surface area contributed by atoms with Gasteiger partial charge in [-0.15, -0.1) is 0 Å². The quantitative estimate of drug-likeness (QED) is 0.731. The summed E-state index contributed by atoms with van der Waals surface area (Å²) >= 11 is 0. The van der Waals surface area contributed by atoms with E-state index in [2.05, 4.69) is 5.32 Å². The standard InChI is InChI=1S/C22H24N2O5S/c1-3-30(28,29)19-10-4-16(5-11-19)12-21(25)23-18-8-6-17(7-9-18)20-14-24(22(26)27)13-15(20)2/h4-11,13,20H,3,12,14H2,1-2H3,(H,23,25)(H,26,27). The van der Waals surface area contributed by atoms with Gasteiger partial charge in [0.2, 0.25) is 5.91 Å². The molecule has 1 aliphatic heterocycles. The molecule has 0 radical (unpaired) electrons. The van der Waals surface area contributed by atoms with Gasteiger partial charge in [0.25, 0.3) is 0 Å². The van der Waals surface area contributed by atoms with Crippen molar-refractivity contribution in [3.05, 3.63) is 71.4 Å². The number of carboxylic acid groups (broad SMARTS) is 1. The molecule has 0 saturated carbocycles. The number of hydrogen-bond donors (Lipinski definition) is 2. The minimum Gasteiger partial charge on any atom is -0.465 e. The summed E-state index contributed by atoms with van der Waals surface area (Å²) in [6, 6.07) is 13.7. The number of sulfone groups is 1. The molecule has 1 aliphatic rings. The highest BCUT2D eigenvalue weighted by molar-refractivity contribution is 7.91. The first-order valence-corrected chi connectivity index (χ1v) is 11.2. The van der Waals surface area contributed by atoms with Crippen LogP contribution in [0.2, 0.25) is 0 Å². The monoisotopic (exact) mass is 428 g/mol. The third-order valence-electron chi connectivity index (χ3n) is 5.16. The first-order valence-electron chi connectivity index (χ1n) is 9.59. The molecule has 2 N–H and O–H groups in total. The second-order valence-corrected chi connectivity index (χ2v) is 9.53. The van der Waals surface area contributed by atoms with Crippen molar-refractivity contribution in [1.29, 1.82) is 0 Å². The van der Waals surface area contributed by atoms with Crippen LogP contribution in [0.1, 0.15) is 30.9 Å². The summed E-state index contributed by atoms with van der Waals surface area (Å²) in [5.41, 5.74) is 3.32. The molecule has 2 aromatic carbocycles. The molecule has 0 spiro atoms. The minimum absolute atomic E-state index is 0.00349. The van der Waals surface area contributed by atoms with Gasteiger partial charge in [-0.2, -0.15) is 0 Å². The molecule has 7 nitrogen and oxygen atoms in total. The van der Waals surface area contributed by atoms with Crippen LogP contribution in [0.25, 0.3) is 0 Å². The van der Waals surface area contributed by atoms with Crippen molar-refractivity contribution in [2.45, 2.75) is 31.1 Å². The number of nitrogens with one attached hydrogen (secondary N) is 1. The normalized spacial score (nSPS) is 16.3. The van der Waals surface area contributed by atoms with Crippen molar-refractivity contribution in [2.75, 3.05) is 17.6 Å². The maximum Gasteiger partial charge on any atom is 0.411 e. The summed E-state index contributed by atoms with van der Waals surface area (Å²) in [6.07, 6.45) is 0.799. The summed E-state index contributed by atoms with van der Waals surface area (Å²) in [4.78, 5) is 25.0. The van der Waals surface area contributed by atoms with Crippen molar-refractivity contribution >= 4 is 27.5 Å². The topological polar surface area (TPSA) is 104 Å². The van der Waals surface area contributed by atoms with E-state index in [1.54, 1.807) is 37.4 Å². The van der Waals surface area contributed by atoms with Crippen LogP contribution in [-0.4, -0.2) is 42.7 Å². The van der Waals surface area contributed by atoms with Crippen molar-refractivity contribution < 1.29 is 23.1 Å². The molecule has 0 aromatic heterocycles. The highest BCUT2D eigenvalue weighted by Gasteiger charge is 2.26. The molecular weight excluding hydrogens is 404 g/mol. The van der Waals surface area contributed by atoms with Crippen LogP contribution in [0, 0.1) is 0 Å². The van der Waals surface area contributed by atoms with Crippen LogP contribution in [-0.2, 0) is 21.1 Å². The molecule has 1 unspecified atom stereocenters. The Hall–Kier alpha value is -3.13. The Bertz CT molecular complexity index is 1070. The molecule has 2 amide bonds. The van der Waals surface area contributed by atoms with Gasteiger partial charge < -0.3 is 10.4 Å². The number of anilines is 1. The summed E-state index contributed by atoms with van der Waals surface area (Å²) < 4.78 is 23.7. The predicted molar refractivity (Wildman–Crippen MR) is 114 cm³/mol. The van der Waals surface area contributed by atoms with Gasteiger partial charge in [0.05, 0.1) is 17.1 Å². The molecule has 8 heteroatoms. The molecule has 2 aromatic rings. The highest BCUT2D eigenvalue weighted by atomic mass is 32.2. The van der Waals surface area contributed by atoms with Crippen LogP contribution < -0.4 is 5.32 Å². The Labute approximate surface area is 175 Å². The van der Waals surface area contributed by atoms with Gasteiger partial charge in [-0.3, -0.25) is 9.69 Å². The van der Waals surface area contributed by atoms with Gasteiger partial charge in [-0.1, -0.05) is 31.2 Å². The summed E-state index contributed by atoms with van der Waals surface area (Å²) in [7, 11) is -3.26. The highest BCUT2D eigenvalue weighted by Crippen LogP contribution is 2.31. The van der Waals surface area contributed by atoms with Crippen LogP contribution in [0.3, 0.4) is 0 Å². The largest absolute Gasteiger partial charge is 0.465 e. The number of amides is 2. The Kier molecular flexibility index (Phi) is 6.26. The molecule has 158 valence electrons. The summed E-state index contributed by atoms with van der Waals surface area (Å²) in [5.74, 6) is -0.167. The lowest BCUT2D eigenvalue weighted by atomic mass is 9.94. The zero-order valence-corrected chi connectivity index (χ0v) is 17.6. The Morgan fingerprint density at radius 1 is 1.10 bits per heavy atom. The zero-order valence-electron chi connectivity index (χ0n) is 16.8. The number of rotatable bonds is 6. The molecule has 3 rings (SSSR count). The molecule has 1 atom stereocenters. The lowest BCUT2D eigenvalue weighted by molar-refractivity contribution is -0.115. The average Bonchev–Trinajstić information content (AvgIpc) is 3.11. The molecule has 0 aliphatic carbocycles. The molecule has 0 saturated heterocycles. The zero-order chi connectivity index (χ0) is 21.9. The second-order valence-electron chi connectivity index (χ2n) is 7.25. The third kappa shape index (κ3) is 4.88. The maximum absolute atomic E-state index is 12.3. The third-order valence-corrected chi connectivity index (χ3v) is 6.91. The minimum atomic E-state index is -3.26. The first-order chi connectivity index (χ1) is 14.2. The van der Waals surface area contributed by atoms with Gasteiger partial charge in [-0.05, 0) is 47.9 Å². The maximum atomic E-state index is 12.3. The fourth-order valence-electron chi connectivity index (χ4n) is 3.40. The van der Waals surface area contributed by atoms with Crippen LogP contribution in [0.15, 0.2) is 65.2 Å². The van der Waals surface area contributed by atoms with Crippen LogP contribution in [0.5, 0.6) is 0 Å². The Balaban J connectivity index is 1.60. The molecule has 1 heterocycles. The molecular formula is C22H24N2O5S. The number of benzene rings is 2. The first kappa shape index (κ1) is 21.6. The van der Waals surface area contributed by atoms with Crippen LogP contribution in [0.4, 0.5) is 10.5 Å². The lowest BCUT2D eigenvalue weighted by Crippen LogP contribution is -2.23. The summed E-state index contributed by atoms with van der Waals surface area (Å²) in [5, 5.41) is 12.0. The van der Waals surface area contributed by atoms with Crippen molar-refractivity contribution in [3.8, 4) is 0 Å². The van der Waals surface area contributed by atoms with E-state index in [-0.39, 0.29) is 28.9 Å². The number of nitrogens with zero attached hydrogens (tertiary/aromatic N) is 1.